The van der Waals surface area contributed by atoms with Crippen LogP contribution in [0.25, 0.3) is 0 Å². The molecule has 0 aliphatic heterocycles. The Balaban J connectivity index is 2.53. The van der Waals surface area contributed by atoms with Crippen molar-refractivity contribution in [2.24, 2.45) is 0 Å². The van der Waals surface area contributed by atoms with E-state index >= 15 is 0 Å². The highest BCUT2D eigenvalue weighted by molar-refractivity contribution is 5.35. The molecule has 2 aromatic rings. The summed E-state index contributed by atoms with van der Waals surface area (Å²) in [4.78, 5) is 4.40. The predicted molar refractivity (Wildman–Crippen MR) is 75.6 cm³/mol. The topological polar surface area (TPSA) is 24.9 Å². The Kier molecular flexibility index (Phi) is 4.45. The van der Waals surface area contributed by atoms with Crippen LogP contribution < -0.4 is 5.32 Å². The molecule has 1 aromatic carbocycles. The van der Waals surface area contributed by atoms with Gasteiger partial charge in [0.2, 0.25) is 0 Å². The van der Waals surface area contributed by atoms with Crippen LogP contribution in [0.2, 0.25) is 0 Å². The molecule has 0 bridgehead atoms. The van der Waals surface area contributed by atoms with Gasteiger partial charge in [0, 0.05) is 17.0 Å². The summed E-state index contributed by atoms with van der Waals surface area (Å²) >= 11 is 0. The summed E-state index contributed by atoms with van der Waals surface area (Å²) in [5.41, 5.74) is 2.89. The Bertz CT molecular complexity index is 611. The zero-order chi connectivity index (χ0) is 14.7. The fourth-order valence-corrected chi connectivity index (χ4v) is 2.33. The Morgan fingerprint density at radius 1 is 1.10 bits per heavy atom. The van der Waals surface area contributed by atoms with Gasteiger partial charge in [0.15, 0.2) is 0 Å². The van der Waals surface area contributed by atoms with Gasteiger partial charge in [-0.2, -0.15) is 0 Å². The molecule has 1 heterocycles. The number of pyridine rings is 1. The Labute approximate surface area is 117 Å². The summed E-state index contributed by atoms with van der Waals surface area (Å²) in [5.74, 6) is -0.862. The van der Waals surface area contributed by atoms with E-state index in [1.807, 2.05) is 32.9 Å². The molecule has 0 saturated carbocycles. The summed E-state index contributed by atoms with van der Waals surface area (Å²) in [7, 11) is 0. The molecule has 0 saturated heterocycles. The molecule has 1 N–H and O–H groups in total. The van der Waals surface area contributed by atoms with Gasteiger partial charge in [-0.1, -0.05) is 13.0 Å². The minimum Gasteiger partial charge on any atom is -0.306 e. The molecule has 2 rings (SSSR count). The van der Waals surface area contributed by atoms with Crippen molar-refractivity contribution < 1.29 is 8.78 Å². The van der Waals surface area contributed by atoms with E-state index in [0.29, 0.717) is 12.1 Å². The number of hydrogen-bond acceptors (Lipinski definition) is 2. The van der Waals surface area contributed by atoms with Crippen molar-refractivity contribution in [3.8, 4) is 0 Å². The molecule has 0 amide bonds. The number of nitrogens with zero attached hydrogens (tertiary/aromatic N) is 1. The lowest BCUT2D eigenvalue weighted by Gasteiger charge is -2.21. The molecule has 1 unspecified atom stereocenters. The first kappa shape index (κ1) is 14.6. The van der Waals surface area contributed by atoms with E-state index in [9.17, 15) is 8.78 Å². The Morgan fingerprint density at radius 2 is 1.85 bits per heavy atom. The Morgan fingerprint density at radius 3 is 2.50 bits per heavy atom. The van der Waals surface area contributed by atoms with E-state index in [1.165, 1.54) is 6.07 Å². The molecule has 0 aliphatic rings. The molecule has 20 heavy (non-hydrogen) atoms. The van der Waals surface area contributed by atoms with E-state index < -0.39 is 17.7 Å². The first-order chi connectivity index (χ1) is 9.52. The smallest absolute Gasteiger partial charge is 0.128 e. The van der Waals surface area contributed by atoms with Crippen LogP contribution in [0.4, 0.5) is 8.78 Å². The number of aromatic nitrogens is 1. The summed E-state index contributed by atoms with van der Waals surface area (Å²) in [6.45, 7) is 6.36. The van der Waals surface area contributed by atoms with Gasteiger partial charge >= 0.3 is 0 Å². The van der Waals surface area contributed by atoms with Crippen molar-refractivity contribution in [1.29, 1.82) is 0 Å². The summed E-state index contributed by atoms with van der Waals surface area (Å²) in [6.07, 6.45) is 0. The van der Waals surface area contributed by atoms with Crippen LogP contribution in [-0.2, 0) is 0 Å². The molecule has 0 radical (unpaired) electrons. The minimum atomic E-state index is -0.443. The van der Waals surface area contributed by atoms with E-state index in [1.54, 1.807) is 0 Å². The third kappa shape index (κ3) is 3.02. The third-order valence-corrected chi connectivity index (χ3v) is 3.25. The van der Waals surface area contributed by atoms with Gasteiger partial charge in [-0.25, -0.2) is 8.78 Å². The van der Waals surface area contributed by atoms with Crippen LogP contribution in [0.15, 0.2) is 30.3 Å². The summed E-state index contributed by atoms with van der Waals surface area (Å²) in [5, 5.41) is 3.20. The highest BCUT2D eigenvalue weighted by atomic mass is 19.1. The fraction of sp³-hybridized carbons (Fsp3) is 0.312. The van der Waals surface area contributed by atoms with E-state index in [4.69, 9.17) is 0 Å². The second-order valence-electron chi connectivity index (χ2n) is 4.78. The zero-order valence-electron chi connectivity index (χ0n) is 11.9. The van der Waals surface area contributed by atoms with Gasteiger partial charge in [-0.15, -0.1) is 0 Å². The van der Waals surface area contributed by atoms with Crippen molar-refractivity contribution >= 4 is 0 Å². The van der Waals surface area contributed by atoms with Crippen LogP contribution in [0.1, 0.15) is 35.5 Å². The largest absolute Gasteiger partial charge is 0.306 e. The molecule has 0 aliphatic carbocycles. The molecule has 1 aromatic heterocycles. The number of rotatable bonds is 4. The normalized spacial score (nSPS) is 12.4. The lowest BCUT2D eigenvalue weighted by atomic mass is 9.96. The number of nitrogens with one attached hydrogen (secondary N) is 1. The standard InChI is InChI=1S/C16H18F2N2/c1-4-19-16(13-7-5-10(2)20-11(13)3)14-9-12(17)6-8-15(14)18/h5-9,16,19H,4H2,1-3H3. The lowest BCUT2D eigenvalue weighted by molar-refractivity contribution is 0.542. The number of benzene rings is 1. The molecular formula is C16H18F2N2. The summed E-state index contributed by atoms with van der Waals surface area (Å²) < 4.78 is 27.4. The van der Waals surface area contributed by atoms with Gasteiger partial charge in [-0.05, 0) is 50.2 Å². The third-order valence-electron chi connectivity index (χ3n) is 3.25. The maximum absolute atomic E-state index is 14.0. The molecular weight excluding hydrogens is 258 g/mol. The van der Waals surface area contributed by atoms with Crippen LogP contribution >= 0.6 is 0 Å². The van der Waals surface area contributed by atoms with E-state index in [0.717, 1.165) is 29.1 Å². The predicted octanol–water partition coefficient (Wildman–Crippen LogP) is 3.68. The number of hydrogen-bond donors (Lipinski definition) is 1. The number of aryl methyl sites for hydroxylation is 2. The molecule has 1 atom stereocenters. The maximum atomic E-state index is 14.0. The van der Waals surface area contributed by atoms with Crippen LogP contribution in [0.5, 0.6) is 0 Å². The van der Waals surface area contributed by atoms with Gasteiger partial charge in [0.1, 0.15) is 11.6 Å². The van der Waals surface area contributed by atoms with Gasteiger partial charge in [0.05, 0.1) is 6.04 Å². The Hall–Kier alpha value is -1.81. The average molecular weight is 276 g/mol. The van der Waals surface area contributed by atoms with Crippen molar-refractivity contribution in [3.63, 3.8) is 0 Å². The lowest BCUT2D eigenvalue weighted by Crippen LogP contribution is -2.24. The van der Waals surface area contributed by atoms with Crippen molar-refractivity contribution in [2.75, 3.05) is 6.54 Å². The van der Waals surface area contributed by atoms with Gasteiger partial charge in [0.25, 0.3) is 0 Å². The second-order valence-corrected chi connectivity index (χ2v) is 4.78. The van der Waals surface area contributed by atoms with Crippen LogP contribution in [-0.4, -0.2) is 11.5 Å². The molecule has 0 fully saturated rings. The SMILES string of the molecule is CCNC(c1cc(F)ccc1F)c1ccc(C)nc1C. The molecule has 106 valence electrons. The monoisotopic (exact) mass is 276 g/mol. The van der Waals surface area contributed by atoms with Crippen LogP contribution in [0, 0.1) is 25.5 Å². The maximum Gasteiger partial charge on any atom is 0.128 e. The zero-order valence-corrected chi connectivity index (χ0v) is 11.9. The molecule has 4 heteroatoms. The quantitative estimate of drug-likeness (QED) is 0.921. The van der Waals surface area contributed by atoms with Crippen LogP contribution in [0.3, 0.4) is 0 Å². The fourth-order valence-electron chi connectivity index (χ4n) is 2.33. The van der Waals surface area contributed by atoms with Crippen molar-refractivity contribution in [2.45, 2.75) is 26.8 Å². The average Bonchev–Trinajstić information content (AvgIpc) is 2.40. The molecule has 0 spiro atoms. The van der Waals surface area contributed by atoms with E-state index in [-0.39, 0.29) is 0 Å². The molecule has 2 nitrogen and oxygen atoms in total. The second kappa shape index (κ2) is 6.09. The van der Waals surface area contributed by atoms with Gasteiger partial charge < -0.3 is 5.32 Å². The van der Waals surface area contributed by atoms with E-state index in [2.05, 4.69) is 10.3 Å². The highest BCUT2D eigenvalue weighted by Crippen LogP contribution is 2.27. The first-order valence-corrected chi connectivity index (χ1v) is 6.65. The van der Waals surface area contributed by atoms with Gasteiger partial charge in [-0.3, -0.25) is 4.98 Å². The summed E-state index contributed by atoms with van der Waals surface area (Å²) in [6, 6.07) is 6.92. The van der Waals surface area contributed by atoms with Crippen molar-refractivity contribution in [1.82, 2.24) is 10.3 Å². The minimum absolute atomic E-state index is 0.306. The van der Waals surface area contributed by atoms with Crippen molar-refractivity contribution in [3.05, 3.63) is 64.5 Å². The highest BCUT2D eigenvalue weighted by Gasteiger charge is 2.20. The number of halogens is 2. The first-order valence-electron chi connectivity index (χ1n) is 6.65.